The van der Waals surface area contributed by atoms with Gasteiger partial charge in [-0.05, 0) is 43.1 Å². The van der Waals surface area contributed by atoms with Gasteiger partial charge in [0.05, 0.1) is 11.6 Å². The Hall–Kier alpha value is -0.860. The summed E-state index contributed by atoms with van der Waals surface area (Å²) in [5, 5.41) is 15.0. The highest BCUT2D eigenvalue weighted by Crippen LogP contribution is 2.57. The molecule has 0 amide bonds. The molecule has 3 rings (SSSR count). The van der Waals surface area contributed by atoms with Crippen LogP contribution in [0.5, 0.6) is 0 Å². The molecule has 104 valence electrons. The van der Waals surface area contributed by atoms with Crippen LogP contribution in [-0.2, 0) is 0 Å². The highest BCUT2D eigenvalue weighted by atomic mass is 16.3. The Morgan fingerprint density at radius 1 is 1.05 bits per heavy atom. The van der Waals surface area contributed by atoms with Gasteiger partial charge in [-0.25, -0.2) is 0 Å². The summed E-state index contributed by atoms with van der Waals surface area (Å²) in [6, 6.07) is 11.0. The van der Waals surface area contributed by atoms with Crippen LogP contribution in [0.1, 0.15) is 51.1 Å². The lowest BCUT2D eigenvalue weighted by Crippen LogP contribution is -2.49. The van der Waals surface area contributed by atoms with Crippen LogP contribution in [0.4, 0.5) is 0 Å². The van der Waals surface area contributed by atoms with Crippen molar-refractivity contribution in [1.82, 2.24) is 5.32 Å². The van der Waals surface area contributed by atoms with Crippen LogP contribution in [0.2, 0.25) is 0 Å². The molecule has 2 nitrogen and oxygen atoms in total. The van der Waals surface area contributed by atoms with Crippen LogP contribution in [0.15, 0.2) is 30.3 Å². The SMILES string of the molecule is CC(C)NC(c1ccccc1)C(O)(C1CC1)C1CC1. The van der Waals surface area contributed by atoms with E-state index in [1.54, 1.807) is 0 Å². The van der Waals surface area contributed by atoms with E-state index >= 15 is 0 Å². The maximum absolute atomic E-state index is 11.4. The molecule has 2 aliphatic carbocycles. The zero-order chi connectivity index (χ0) is 13.5. The van der Waals surface area contributed by atoms with E-state index in [4.69, 9.17) is 0 Å². The molecule has 2 heteroatoms. The van der Waals surface area contributed by atoms with Crippen molar-refractivity contribution in [1.29, 1.82) is 0 Å². The van der Waals surface area contributed by atoms with E-state index in [1.807, 2.05) is 6.07 Å². The molecule has 1 unspecified atom stereocenters. The molecule has 2 fully saturated rings. The van der Waals surface area contributed by atoms with E-state index in [-0.39, 0.29) is 6.04 Å². The molecule has 0 radical (unpaired) electrons. The van der Waals surface area contributed by atoms with Crippen molar-refractivity contribution >= 4 is 0 Å². The number of aliphatic hydroxyl groups is 1. The zero-order valence-corrected chi connectivity index (χ0v) is 12.0. The van der Waals surface area contributed by atoms with Gasteiger partial charge in [0.1, 0.15) is 0 Å². The first-order valence-electron chi connectivity index (χ1n) is 7.65. The Balaban J connectivity index is 1.93. The smallest absolute Gasteiger partial charge is 0.0897 e. The molecule has 0 saturated heterocycles. The molecule has 2 saturated carbocycles. The summed E-state index contributed by atoms with van der Waals surface area (Å²) in [5.74, 6) is 0.993. The van der Waals surface area contributed by atoms with Crippen molar-refractivity contribution in [3.63, 3.8) is 0 Å². The lowest BCUT2D eigenvalue weighted by atomic mass is 9.80. The normalized spacial score (nSPS) is 21.7. The van der Waals surface area contributed by atoms with Crippen molar-refractivity contribution in [2.75, 3.05) is 0 Å². The summed E-state index contributed by atoms with van der Waals surface area (Å²) in [6.07, 6.45) is 4.76. The molecular formula is C17H25NO. The lowest BCUT2D eigenvalue weighted by molar-refractivity contribution is -0.0437. The largest absolute Gasteiger partial charge is 0.387 e. The molecule has 0 heterocycles. The minimum atomic E-state index is -0.536. The van der Waals surface area contributed by atoms with Crippen molar-refractivity contribution < 1.29 is 5.11 Å². The summed E-state index contributed by atoms with van der Waals surface area (Å²) in [7, 11) is 0. The van der Waals surface area contributed by atoms with E-state index in [1.165, 1.54) is 31.2 Å². The third-order valence-corrected chi connectivity index (χ3v) is 4.56. The van der Waals surface area contributed by atoms with Gasteiger partial charge in [0, 0.05) is 6.04 Å². The number of benzene rings is 1. The summed E-state index contributed by atoms with van der Waals surface area (Å²) in [6.45, 7) is 4.33. The number of nitrogens with one attached hydrogen (secondary N) is 1. The van der Waals surface area contributed by atoms with Gasteiger partial charge in [0.15, 0.2) is 0 Å². The van der Waals surface area contributed by atoms with Crippen LogP contribution in [0.25, 0.3) is 0 Å². The Morgan fingerprint density at radius 2 is 1.58 bits per heavy atom. The van der Waals surface area contributed by atoms with E-state index < -0.39 is 5.60 Å². The molecule has 0 aliphatic heterocycles. The van der Waals surface area contributed by atoms with Crippen LogP contribution >= 0.6 is 0 Å². The van der Waals surface area contributed by atoms with Gasteiger partial charge in [-0.1, -0.05) is 44.2 Å². The first-order chi connectivity index (χ1) is 9.12. The fourth-order valence-corrected chi connectivity index (χ4v) is 3.37. The second kappa shape index (κ2) is 4.92. The first-order valence-corrected chi connectivity index (χ1v) is 7.65. The maximum Gasteiger partial charge on any atom is 0.0897 e. The minimum Gasteiger partial charge on any atom is -0.387 e. The van der Waals surface area contributed by atoms with Gasteiger partial charge >= 0.3 is 0 Å². The Morgan fingerprint density at radius 3 is 2.00 bits per heavy atom. The highest BCUT2D eigenvalue weighted by molar-refractivity contribution is 5.26. The molecule has 1 atom stereocenters. The fourth-order valence-electron chi connectivity index (χ4n) is 3.37. The first kappa shape index (κ1) is 13.1. The van der Waals surface area contributed by atoms with E-state index in [9.17, 15) is 5.11 Å². The van der Waals surface area contributed by atoms with Crippen molar-refractivity contribution in [3.05, 3.63) is 35.9 Å². The quantitative estimate of drug-likeness (QED) is 0.821. The Kier molecular flexibility index (Phi) is 3.40. The van der Waals surface area contributed by atoms with Gasteiger partial charge in [0.2, 0.25) is 0 Å². The monoisotopic (exact) mass is 259 g/mol. The number of hydrogen-bond acceptors (Lipinski definition) is 2. The van der Waals surface area contributed by atoms with Crippen LogP contribution < -0.4 is 5.32 Å². The predicted octanol–water partition coefficient (Wildman–Crippen LogP) is 3.28. The number of hydrogen-bond donors (Lipinski definition) is 2. The minimum absolute atomic E-state index is 0.0775. The van der Waals surface area contributed by atoms with Gasteiger partial charge in [-0.2, -0.15) is 0 Å². The van der Waals surface area contributed by atoms with Crippen molar-refractivity contribution in [2.45, 2.75) is 57.2 Å². The Labute approximate surface area is 116 Å². The molecule has 0 spiro atoms. The second-order valence-electron chi connectivity index (χ2n) is 6.60. The van der Waals surface area contributed by atoms with Crippen LogP contribution in [0, 0.1) is 11.8 Å². The molecule has 2 N–H and O–H groups in total. The molecule has 1 aromatic rings. The molecule has 2 aliphatic rings. The Bertz CT molecular complexity index is 408. The third kappa shape index (κ3) is 2.56. The van der Waals surface area contributed by atoms with Crippen molar-refractivity contribution in [2.24, 2.45) is 11.8 Å². The standard InChI is InChI=1S/C17H25NO/c1-12(2)18-16(13-6-4-3-5-7-13)17(19,14-8-9-14)15-10-11-15/h3-7,12,14-16,18-19H,8-11H2,1-2H3. The predicted molar refractivity (Wildman–Crippen MR) is 77.9 cm³/mol. The molecule has 1 aromatic carbocycles. The van der Waals surface area contributed by atoms with Gasteiger partial charge in [-0.3, -0.25) is 0 Å². The molecule has 19 heavy (non-hydrogen) atoms. The van der Waals surface area contributed by atoms with E-state index in [2.05, 4.69) is 43.4 Å². The molecule has 0 bridgehead atoms. The van der Waals surface area contributed by atoms with Crippen LogP contribution in [0.3, 0.4) is 0 Å². The van der Waals surface area contributed by atoms with Crippen LogP contribution in [-0.4, -0.2) is 16.7 Å². The summed E-state index contributed by atoms with van der Waals surface area (Å²) in [5.41, 5.74) is 0.698. The summed E-state index contributed by atoms with van der Waals surface area (Å²) >= 11 is 0. The zero-order valence-electron chi connectivity index (χ0n) is 12.0. The average Bonchev–Trinajstić information content (AvgIpc) is 3.28. The number of rotatable bonds is 6. The van der Waals surface area contributed by atoms with Gasteiger partial charge in [-0.15, -0.1) is 0 Å². The second-order valence-corrected chi connectivity index (χ2v) is 6.60. The van der Waals surface area contributed by atoms with E-state index in [0.717, 1.165) is 0 Å². The van der Waals surface area contributed by atoms with E-state index in [0.29, 0.717) is 17.9 Å². The lowest BCUT2D eigenvalue weighted by Gasteiger charge is -2.39. The summed E-state index contributed by atoms with van der Waals surface area (Å²) < 4.78 is 0. The maximum atomic E-state index is 11.4. The topological polar surface area (TPSA) is 32.3 Å². The summed E-state index contributed by atoms with van der Waals surface area (Å²) in [4.78, 5) is 0. The molecular weight excluding hydrogens is 234 g/mol. The van der Waals surface area contributed by atoms with Crippen molar-refractivity contribution in [3.8, 4) is 0 Å². The van der Waals surface area contributed by atoms with Gasteiger partial charge in [0.25, 0.3) is 0 Å². The third-order valence-electron chi connectivity index (χ3n) is 4.56. The fraction of sp³-hybridized carbons (Fsp3) is 0.647. The highest BCUT2D eigenvalue weighted by Gasteiger charge is 2.57. The molecule has 0 aromatic heterocycles. The average molecular weight is 259 g/mol. The van der Waals surface area contributed by atoms with Gasteiger partial charge < -0.3 is 10.4 Å².